The number of carbonyl (C=O) groups is 1. The third kappa shape index (κ3) is 2.47. The van der Waals surface area contributed by atoms with Crippen molar-refractivity contribution in [2.24, 2.45) is 0 Å². The summed E-state index contributed by atoms with van der Waals surface area (Å²) in [4.78, 5) is 12.1. The molecule has 0 saturated heterocycles. The number of carbonyl (C=O) groups excluding carboxylic acids is 1. The van der Waals surface area contributed by atoms with Crippen molar-refractivity contribution in [1.29, 1.82) is 0 Å². The minimum Gasteiger partial charge on any atom is -0.350 e. The van der Waals surface area contributed by atoms with E-state index in [9.17, 15) is 4.79 Å². The molecule has 2 aromatic rings. The van der Waals surface area contributed by atoms with Crippen molar-refractivity contribution in [2.75, 3.05) is 0 Å². The molecule has 1 amide bonds. The average Bonchev–Trinajstić information content (AvgIpc) is 2.27. The summed E-state index contributed by atoms with van der Waals surface area (Å²) in [5, 5.41) is 5.05. The fraction of sp³-hybridized carbons (Fsp3) is 0.267. The van der Waals surface area contributed by atoms with Crippen LogP contribution in [-0.2, 0) is 0 Å². The highest BCUT2D eigenvalue weighted by atomic mass is 16.1. The summed E-state index contributed by atoms with van der Waals surface area (Å²) in [5.41, 5.74) is 1.92. The smallest absolute Gasteiger partial charge is 0.252 e. The molecule has 2 heteroatoms. The molecule has 0 bridgehead atoms. The van der Waals surface area contributed by atoms with Gasteiger partial charge < -0.3 is 5.32 Å². The molecule has 0 fully saturated rings. The summed E-state index contributed by atoms with van der Waals surface area (Å²) in [6, 6.07) is 12.2. The fourth-order valence-corrected chi connectivity index (χ4v) is 1.92. The van der Waals surface area contributed by atoms with Gasteiger partial charge in [0.05, 0.1) is 0 Å². The third-order valence-electron chi connectivity index (χ3n) is 2.70. The van der Waals surface area contributed by atoms with Crippen LogP contribution < -0.4 is 5.32 Å². The Bertz CT molecular complexity index is 558. The Kier molecular flexibility index (Phi) is 3.14. The SMILES string of the molecule is Cc1ccc2cccc(C(=O)NC(C)C)c2c1. The van der Waals surface area contributed by atoms with E-state index in [1.54, 1.807) is 0 Å². The summed E-state index contributed by atoms with van der Waals surface area (Å²) in [6.45, 7) is 5.97. The van der Waals surface area contributed by atoms with Gasteiger partial charge in [0.15, 0.2) is 0 Å². The van der Waals surface area contributed by atoms with Crippen LogP contribution in [0, 0.1) is 6.92 Å². The Morgan fingerprint density at radius 3 is 2.65 bits per heavy atom. The van der Waals surface area contributed by atoms with Gasteiger partial charge in [-0.05, 0) is 37.6 Å². The van der Waals surface area contributed by atoms with Crippen molar-refractivity contribution in [3.8, 4) is 0 Å². The van der Waals surface area contributed by atoms with Crippen LogP contribution in [-0.4, -0.2) is 11.9 Å². The molecule has 0 aliphatic rings. The molecule has 0 spiro atoms. The summed E-state index contributed by atoms with van der Waals surface area (Å²) in [6.07, 6.45) is 0. The van der Waals surface area contributed by atoms with Crippen LogP contribution in [0.5, 0.6) is 0 Å². The third-order valence-corrected chi connectivity index (χ3v) is 2.70. The minimum absolute atomic E-state index is 0.00352. The normalized spacial score (nSPS) is 10.8. The molecule has 0 atom stereocenters. The molecular formula is C15H17NO. The molecule has 17 heavy (non-hydrogen) atoms. The van der Waals surface area contributed by atoms with E-state index in [1.165, 1.54) is 5.56 Å². The second-order valence-electron chi connectivity index (χ2n) is 4.66. The first-order chi connectivity index (χ1) is 8.08. The van der Waals surface area contributed by atoms with E-state index in [0.717, 1.165) is 16.3 Å². The lowest BCUT2D eigenvalue weighted by Crippen LogP contribution is -2.30. The highest BCUT2D eigenvalue weighted by Gasteiger charge is 2.10. The number of hydrogen-bond donors (Lipinski definition) is 1. The van der Waals surface area contributed by atoms with Crippen molar-refractivity contribution < 1.29 is 4.79 Å². The van der Waals surface area contributed by atoms with Crippen LogP contribution in [0.15, 0.2) is 36.4 Å². The fourth-order valence-electron chi connectivity index (χ4n) is 1.92. The van der Waals surface area contributed by atoms with Crippen LogP contribution in [0.2, 0.25) is 0 Å². The molecular weight excluding hydrogens is 210 g/mol. The second-order valence-corrected chi connectivity index (χ2v) is 4.66. The van der Waals surface area contributed by atoms with Crippen molar-refractivity contribution in [3.63, 3.8) is 0 Å². The molecule has 2 rings (SSSR count). The predicted octanol–water partition coefficient (Wildman–Crippen LogP) is 3.29. The second kappa shape index (κ2) is 4.58. The maximum atomic E-state index is 12.1. The van der Waals surface area contributed by atoms with Gasteiger partial charge >= 0.3 is 0 Å². The Balaban J connectivity index is 2.53. The largest absolute Gasteiger partial charge is 0.350 e. The Hall–Kier alpha value is -1.83. The van der Waals surface area contributed by atoms with Gasteiger partial charge in [-0.1, -0.05) is 35.9 Å². The van der Waals surface area contributed by atoms with Crippen molar-refractivity contribution in [2.45, 2.75) is 26.8 Å². The number of aryl methyl sites for hydroxylation is 1. The molecule has 0 aromatic heterocycles. The highest BCUT2D eigenvalue weighted by Crippen LogP contribution is 2.20. The molecule has 0 unspecified atom stereocenters. The van der Waals surface area contributed by atoms with Gasteiger partial charge in [-0.25, -0.2) is 0 Å². The van der Waals surface area contributed by atoms with Crippen molar-refractivity contribution >= 4 is 16.7 Å². The summed E-state index contributed by atoms with van der Waals surface area (Å²) >= 11 is 0. The summed E-state index contributed by atoms with van der Waals surface area (Å²) < 4.78 is 0. The predicted molar refractivity (Wildman–Crippen MR) is 71.3 cm³/mol. The van der Waals surface area contributed by atoms with Gasteiger partial charge in [-0.3, -0.25) is 4.79 Å². The first kappa shape index (κ1) is 11.6. The van der Waals surface area contributed by atoms with Gasteiger partial charge in [0, 0.05) is 11.6 Å². The van der Waals surface area contributed by atoms with Gasteiger partial charge in [0.1, 0.15) is 0 Å². The molecule has 0 heterocycles. The molecule has 2 aromatic carbocycles. The van der Waals surface area contributed by atoms with E-state index >= 15 is 0 Å². The average molecular weight is 227 g/mol. The lowest BCUT2D eigenvalue weighted by atomic mass is 10.0. The maximum Gasteiger partial charge on any atom is 0.252 e. The number of rotatable bonds is 2. The zero-order valence-corrected chi connectivity index (χ0v) is 10.4. The Morgan fingerprint density at radius 1 is 1.18 bits per heavy atom. The van der Waals surface area contributed by atoms with Crippen molar-refractivity contribution in [1.82, 2.24) is 5.32 Å². The van der Waals surface area contributed by atoms with Crippen LogP contribution >= 0.6 is 0 Å². The quantitative estimate of drug-likeness (QED) is 0.838. The number of fused-ring (bicyclic) bond motifs is 1. The van der Waals surface area contributed by atoms with E-state index in [2.05, 4.69) is 23.5 Å². The molecule has 0 saturated carbocycles. The minimum atomic E-state index is -0.00352. The topological polar surface area (TPSA) is 29.1 Å². The van der Waals surface area contributed by atoms with E-state index in [-0.39, 0.29) is 11.9 Å². The molecule has 0 aliphatic carbocycles. The molecule has 0 aliphatic heterocycles. The van der Waals surface area contributed by atoms with E-state index in [1.807, 2.05) is 39.0 Å². The zero-order valence-electron chi connectivity index (χ0n) is 10.4. The van der Waals surface area contributed by atoms with Crippen LogP contribution in [0.1, 0.15) is 29.8 Å². The van der Waals surface area contributed by atoms with Crippen molar-refractivity contribution in [3.05, 3.63) is 47.5 Å². The van der Waals surface area contributed by atoms with Gasteiger partial charge in [-0.2, -0.15) is 0 Å². The number of hydrogen-bond acceptors (Lipinski definition) is 1. The lowest BCUT2D eigenvalue weighted by molar-refractivity contribution is 0.0945. The van der Waals surface area contributed by atoms with Gasteiger partial charge in [0.2, 0.25) is 0 Å². The standard InChI is InChI=1S/C15H17NO/c1-10(2)16-15(17)13-6-4-5-12-8-7-11(3)9-14(12)13/h4-10H,1-3H3,(H,16,17). The van der Waals surface area contributed by atoms with Crippen LogP contribution in [0.3, 0.4) is 0 Å². The number of amides is 1. The molecule has 2 nitrogen and oxygen atoms in total. The van der Waals surface area contributed by atoms with E-state index in [0.29, 0.717) is 0 Å². The highest BCUT2D eigenvalue weighted by molar-refractivity contribution is 6.07. The lowest BCUT2D eigenvalue weighted by Gasteiger charge is -2.10. The monoisotopic (exact) mass is 227 g/mol. The molecule has 88 valence electrons. The van der Waals surface area contributed by atoms with E-state index in [4.69, 9.17) is 0 Å². The Labute approximate surface area is 102 Å². The van der Waals surface area contributed by atoms with Gasteiger partial charge in [0.25, 0.3) is 5.91 Å². The number of nitrogens with one attached hydrogen (secondary N) is 1. The summed E-state index contributed by atoms with van der Waals surface area (Å²) in [5.74, 6) is -0.00352. The first-order valence-electron chi connectivity index (χ1n) is 5.88. The molecule has 1 N–H and O–H groups in total. The van der Waals surface area contributed by atoms with Crippen LogP contribution in [0.25, 0.3) is 10.8 Å². The Morgan fingerprint density at radius 2 is 1.94 bits per heavy atom. The number of benzene rings is 2. The van der Waals surface area contributed by atoms with Crippen LogP contribution in [0.4, 0.5) is 0 Å². The first-order valence-corrected chi connectivity index (χ1v) is 5.88. The zero-order chi connectivity index (χ0) is 12.4. The maximum absolute atomic E-state index is 12.1. The van der Waals surface area contributed by atoms with Gasteiger partial charge in [-0.15, -0.1) is 0 Å². The van der Waals surface area contributed by atoms with E-state index < -0.39 is 0 Å². The summed E-state index contributed by atoms with van der Waals surface area (Å²) in [7, 11) is 0. The molecule has 0 radical (unpaired) electrons.